The van der Waals surface area contributed by atoms with Crippen LogP contribution in [-0.2, 0) is 6.61 Å². The number of hydrogen-bond acceptors (Lipinski definition) is 4. The summed E-state index contributed by atoms with van der Waals surface area (Å²) in [6.45, 7) is 0.517. The molecule has 2 aromatic carbocycles. The summed E-state index contributed by atoms with van der Waals surface area (Å²) in [5.41, 5.74) is 5.61. The Morgan fingerprint density at radius 1 is 0.913 bits per heavy atom. The molecule has 0 aliphatic carbocycles. The van der Waals surface area contributed by atoms with Crippen molar-refractivity contribution in [2.24, 2.45) is 0 Å². The summed E-state index contributed by atoms with van der Waals surface area (Å²) in [6.07, 6.45) is 1.85. The lowest BCUT2D eigenvalue weighted by Crippen LogP contribution is -2.07. The summed E-state index contributed by atoms with van der Waals surface area (Å²) < 4.78 is 11.2. The molecular weight excluding hydrogens is 288 g/mol. The zero-order chi connectivity index (χ0) is 15.2. The lowest BCUT2D eigenvalue weighted by atomic mass is 10.00. The molecule has 0 saturated heterocycles. The molecule has 0 unspecified atom stereocenters. The number of para-hydroxylation sites is 2. The van der Waals surface area contributed by atoms with E-state index in [2.05, 4.69) is 16.2 Å². The number of fused-ring (bicyclic) bond motifs is 4. The van der Waals surface area contributed by atoms with Crippen LogP contribution in [0.15, 0.2) is 65.3 Å². The van der Waals surface area contributed by atoms with Gasteiger partial charge in [0.25, 0.3) is 0 Å². The van der Waals surface area contributed by atoms with Crippen LogP contribution in [0.4, 0.5) is 0 Å². The molecule has 0 bridgehead atoms. The van der Waals surface area contributed by atoms with Gasteiger partial charge in [-0.15, -0.1) is 0 Å². The highest BCUT2D eigenvalue weighted by atomic mass is 16.5. The molecule has 0 fully saturated rings. The first-order chi connectivity index (χ1) is 11.4. The molecule has 0 spiro atoms. The Bertz CT molecular complexity index is 1040. The summed E-state index contributed by atoms with van der Waals surface area (Å²) >= 11 is 0. The number of rotatable bonds is 1. The molecule has 110 valence electrons. The van der Waals surface area contributed by atoms with Crippen LogP contribution < -0.4 is 4.74 Å². The lowest BCUT2D eigenvalue weighted by molar-refractivity contribution is 0.301. The van der Waals surface area contributed by atoms with Crippen LogP contribution in [0, 0.1) is 0 Å². The van der Waals surface area contributed by atoms with Crippen molar-refractivity contribution in [2.75, 3.05) is 0 Å². The van der Waals surface area contributed by atoms with Crippen LogP contribution in [-0.4, -0.2) is 10.1 Å². The van der Waals surface area contributed by atoms with Crippen molar-refractivity contribution in [3.63, 3.8) is 0 Å². The summed E-state index contributed by atoms with van der Waals surface area (Å²) in [7, 11) is 0. The Morgan fingerprint density at radius 3 is 2.78 bits per heavy atom. The number of benzene rings is 2. The maximum Gasteiger partial charge on any atom is 0.167 e. The minimum absolute atomic E-state index is 0.517. The molecule has 4 aromatic rings. The smallest absolute Gasteiger partial charge is 0.167 e. The zero-order valence-electron chi connectivity index (χ0n) is 12.2. The third-order valence-corrected chi connectivity index (χ3v) is 4.14. The Labute approximate surface area is 132 Å². The predicted octanol–water partition coefficient (Wildman–Crippen LogP) is 4.45. The van der Waals surface area contributed by atoms with Crippen molar-refractivity contribution in [1.29, 1.82) is 0 Å². The second-order valence-electron chi connectivity index (χ2n) is 5.54. The van der Waals surface area contributed by atoms with Gasteiger partial charge in [-0.2, -0.15) is 0 Å². The maximum absolute atomic E-state index is 5.83. The van der Waals surface area contributed by atoms with Crippen LogP contribution in [0.1, 0.15) is 5.56 Å². The molecule has 0 saturated carbocycles. The van der Waals surface area contributed by atoms with Crippen molar-refractivity contribution in [3.05, 3.63) is 66.4 Å². The summed E-state index contributed by atoms with van der Waals surface area (Å²) in [5.74, 6) is 0.882. The van der Waals surface area contributed by atoms with E-state index in [4.69, 9.17) is 9.26 Å². The topological polar surface area (TPSA) is 48.2 Å². The Kier molecular flexibility index (Phi) is 2.52. The van der Waals surface area contributed by atoms with Crippen molar-refractivity contribution < 1.29 is 9.26 Å². The number of nitrogens with zero attached hydrogens (tertiary/aromatic N) is 2. The molecule has 0 atom stereocenters. The summed E-state index contributed by atoms with van der Waals surface area (Å²) in [6, 6.07) is 17.9. The van der Waals surface area contributed by atoms with Gasteiger partial charge in [-0.1, -0.05) is 29.4 Å². The molecule has 2 aromatic heterocycles. The van der Waals surface area contributed by atoms with Gasteiger partial charge >= 0.3 is 0 Å². The third-order valence-electron chi connectivity index (χ3n) is 4.14. The standard InChI is InChI=1S/C19H12N2O2/c1-3-7-16-14(5-1)18-13(11-22-16)9-12(10-20-18)19-15-6-2-4-8-17(15)23-21-19/h1-10H,11H2. The van der Waals surface area contributed by atoms with Gasteiger partial charge in [-0.25, -0.2) is 0 Å². The molecule has 0 N–H and O–H groups in total. The molecule has 4 heteroatoms. The Morgan fingerprint density at radius 2 is 1.78 bits per heavy atom. The first kappa shape index (κ1) is 12.4. The lowest BCUT2D eigenvalue weighted by Gasteiger charge is -2.20. The largest absolute Gasteiger partial charge is 0.488 e. The van der Waals surface area contributed by atoms with Crippen molar-refractivity contribution in [1.82, 2.24) is 10.1 Å². The monoisotopic (exact) mass is 300 g/mol. The second-order valence-corrected chi connectivity index (χ2v) is 5.54. The highest BCUT2D eigenvalue weighted by Crippen LogP contribution is 2.37. The van der Waals surface area contributed by atoms with Crippen LogP contribution in [0.3, 0.4) is 0 Å². The highest BCUT2D eigenvalue weighted by molar-refractivity contribution is 5.91. The van der Waals surface area contributed by atoms with Gasteiger partial charge in [-0.05, 0) is 30.3 Å². The van der Waals surface area contributed by atoms with E-state index in [1.165, 1.54) is 0 Å². The van der Waals surface area contributed by atoms with E-state index in [-0.39, 0.29) is 0 Å². The van der Waals surface area contributed by atoms with E-state index in [9.17, 15) is 0 Å². The molecule has 3 heterocycles. The molecule has 4 nitrogen and oxygen atoms in total. The zero-order valence-corrected chi connectivity index (χ0v) is 12.2. The molecule has 0 amide bonds. The maximum atomic E-state index is 5.83. The molecular formula is C19H12N2O2. The fraction of sp³-hybridized carbons (Fsp3) is 0.0526. The third kappa shape index (κ3) is 1.85. The number of hydrogen-bond donors (Lipinski definition) is 0. The molecule has 0 radical (unpaired) electrons. The number of pyridine rings is 1. The van der Waals surface area contributed by atoms with Gasteiger partial charge in [0.1, 0.15) is 18.1 Å². The van der Waals surface area contributed by atoms with E-state index >= 15 is 0 Å². The summed E-state index contributed by atoms with van der Waals surface area (Å²) in [4.78, 5) is 4.66. The SMILES string of the molecule is c1ccc2c(c1)OCc1cc(-c3noc4ccccc34)cnc1-2. The van der Waals surface area contributed by atoms with Crippen LogP contribution >= 0.6 is 0 Å². The average Bonchev–Trinajstić information content (AvgIpc) is 3.05. The average molecular weight is 300 g/mol. The van der Waals surface area contributed by atoms with Gasteiger partial charge in [0.05, 0.1) is 5.69 Å². The van der Waals surface area contributed by atoms with E-state index in [0.717, 1.165) is 44.8 Å². The molecule has 1 aliphatic rings. The Balaban J connectivity index is 1.68. The van der Waals surface area contributed by atoms with Crippen molar-refractivity contribution in [3.8, 4) is 28.3 Å². The predicted molar refractivity (Wildman–Crippen MR) is 87.0 cm³/mol. The molecule has 23 heavy (non-hydrogen) atoms. The fourth-order valence-electron chi connectivity index (χ4n) is 3.03. The van der Waals surface area contributed by atoms with Crippen LogP contribution in [0.25, 0.3) is 33.5 Å². The molecule has 1 aliphatic heterocycles. The van der Waals surface area contributed by atoms with E-state index in [1.54, 1.807) is 0 Å². The fourth-order valence-corrected chi connectivity index (χ4v) is 3.03. The van der Waals surface area contributed by atoms with Gasteiger partial charge in [0.2, 0.25) is 0 Å². The van der Waals surface area contributed by atoms with Gasteiger partial charge < -0.3 is 9.26 Å². The minimum atomic E-state index is 0.517. The normalized spacial score (nSPS) is 12.5. The highest BCUT2D eigenvalue weighted by Gasteiger charge is 2.20. The number of ether oxygens (including phenoxy) is 1. The first-order valence-electron chi connectivity index (χ1n) is 7.46. The van der Waals surface area contributed by atoms with Crippen LogP contribution in [0.2, 0.25) is 0 Å². The van der Waals surface area contributed by atoms with Gasteiger partial charge in [0, 0.05) is 28.3 Å². The first-order valence-corrected chi connectivity index (χ1v) is 7.46. The Hall–Kier alpha value is -3.14. The quantitative estimate of drug-likeness (QED) is 0.521. The summed E-state index contributed by atoms with van der Waals surface area (Å²) in [5, 5.41) is 5.19. The van der Waals surface area contributed by atoms with E-state index in [1.807, 2.05) is 54.7 Å². The van der Waals surface area contributed by atoms with Gasteiger partial charge in [0.15, 0.2) is 5.58 Å². The van der Waals surface area contributed by atoms with E-state index < -0.39 is 0 Å². The van der Waals surface area contributed by atoms with Gasteiger partial charge in [-0.3, -0.25) is 4.98 Å². The second kappa shape index (κ2) is 4.68. The van der Waals surface area contributed by atoms with E-state index in [0.29, 0.717) is 6.61 Å². The minimum Gasteiger partial charge on any atom is -0.488 e. The van der Waals surface area contributed by atoms with Crippen molar-refractivity contribution in [2.45, 2.75) is 6.61 Å². The van der Waals surface area contributed by atoms with Crippen LogP contribution in [0.5, 0.6) is 5.75 Å². The molecule has 5 rings (SSSR count). The van der Waals surface area contributed by atoms with Crippen molar-refractivity contribution >= 4 is 11.0 Å². The number of aromatic nitrogens is 2.